The minimum atomic E-state index is -3.98. The van der Waals surface area contributed by atoms with Crippen molar-refractivity contribution in [1.82, 2.24) is 35.5 Å². The van der Waals surface area contributed by atoms with Crippen molar-refractivity contribution in [2.45, 2.75) is 109 Å². The van der Waals surface area contributed by atoms with Crippen LogP contribution >= 0.6 is 0 Å². The van der Waals surface area contributed by atoms with Crippen LogP contribution in [0, 0.1) is 17.3 Å². The van der Waals surface area contributed by atoms with E-state index in [2.05, 4.69) is 38.6 Å². The molecule has 2 heterocycles. The second-order valence-electron chi connectivity index (χ2n) is 16.7. The fourth-order valence-electron chi connectivity index (χ4n) is 7.47. The Kier molecular flexibility index (Phi) is 16.4. The molecule has 2 aliphatic rings. The molecule has 1 aliphatic heterocycles. The Morgan fingerprint density at radius 1 is 1.02 bits per heavy atom. The number of sulfonamides is 1. The molecule has 0 spiro atoms. The average Bonchev–Trinajstić information content (AvgIpc) is 3.83. The van der Waals surface area contributed by atoms with E-state index < -0.39 is 75.1 Å². The van der Waals surface area contributed by atoms with Crippen molar-refractivity contribution >= 4 is 39.6 Å². The molecule has 0 saturated carbocycles. The molecule has 1 fully saturated rings. The van der Waals surface area contributed by atoms with Gasteiger partial charge in [0.25, 0.3) is 15.9 Å². The van der Waals surface area contributed by atoms with E-state index in [0.717, 1.165) is 27.4 Å². The lowest BCUT2D eigenvalue weighted by Crippen LogP contribution is -2.61. The van der Waals surface area contributed by atoms with Gasteiger partial charge in [0.1, 0.15) is 12.1 Å². The zero-order valence-electron chi connectivity index (χ0n) is 35.4. The van der Waals surface area contributed by atoms with E-state index in [4.69, 9.17) is 0 Å². The summed E-state index contributed by atoms with van der Waals surface area (Å²) in [6, 6.07) is 7.83. The van der Waals surface area contributed by atoms with Gasteiger partial charge in [0.05, 0.1) is 6.04 Å². The van der Waals surface area contributed by atoms with Crippen LogP contribution in [0.25, 0.3) is 0 Å². The summed E-state index contributed by atoms with van der Waals surface area (Å²) in [6.45, 7) is 15.1. The number of fused-ring (bicyclic) bond motifs is 1. The lowest BCUT2D eigenvalue weighted by molar-refractivity contribution is -0.143. The van der Waals surface area contributed by atoms with Gasteiger partial charge < -0.3 is 26.2 Å². The zero-order valence-corrected chi connectivity index (χ0v) is 36.2. The number of amides is 5. The Morgan fingerprint density at radius 2 is 1.68 bits per heavy atom. The van der Waals surface area contributed by atoms with Crippen LogP contribution in [0.1, 0.15) is 78.4 Å². The first-order chi connectivity index (χ1) is 27.9. The van der Waals surface area contributed by atoms with Crippen molar-refractivity contribution in [3.63, 3.8) is 0 Å². The maximum absolute atomic E-state index is 15.0. The van der Waals surface area contributed by atoms with E-state index in [0.29, 0.717) is 25.7 Å². The number of urea groups is 1. The first kappa shape index (κ1) is 46.6. The molecule has 59 heavy (non-hydrogen) atoms. The van der Waals surface area contributed by atoms with Crippen molar-refractivity contribution in [3.8, 4) is 0 Å². The third kappa shape index (κ3) is 12.2. The summed E-state index contributed by atoms with van der Waals surface area (Å²) < 4.78 is 28.0. The van der Waals surface area contributed by atoms with Gasteiger partial charge >= 0.3 is 6.03 Å². The predicted octanol–water partition coefficient (Wildman–Crippen LogP) is 4.08. The Morgan fingerprint density at radius 3 is 2.25 bits per heavy atom. The van der Waals surface area contributed by atoms with Gasteiger partial charge in [-0.05, 0) is 85.8 Å². The van der Waals surface area contributed by atoms with E-state index in [9.17, 15) is 27.6 Å². The predicted molar refractivity (Wildman–Crippen MR) is 226 cm³/mol. The first-order valence-electron chi connectivity index (χ1n) is 20.3. The number of carbonyl (C=O) groups excluding carboxylic acids is 5. The summed E-state index contributed by atoms with van der Waals surface area (Å²) >= 11 is 0. The van der Waals surface area contributed by atoms with Gasteiger partial charge in [0.15, 0.2) is 5.03 Å². The normalized spacial score (nSPS) is 18.1. The number of pyridine rings is 1. The van der Waals surface area contributed by atoms with Crippen LogP contribution in [0.3, 0.4) is 0 Å². The molecule has 5 atom stereocenters. The van der Waals surface area contributed by atoms with Crippen LogP contribution < -0.4 is 21.3 Å². The largest absolute Gasteiger partial charge is 0.346 e. The number of carbonyl (C=O) groups is 5. The highest BCUT2D eigenvalue weighted by Gasteiger charge is 2.46. The van der Waals surface area contributed by atoms with Crippen LogP contribution in [-0.2, 0) is 42.0 Å². The van der Waals surface area contributed by atoms with E-state index in [-0.39, 0.29) is 37.0 Å². The third-order valence-corrected chi connectivity index (χ3v) is 12.6. The van der Waals surface area contributed by atoms with Crippen molar-refractivity contribution < 1.29 is 32.4 Å². The number of unbranched alkanes of at least 4 members (excludes halogenated alkanes) is 1. The minimum absolute atomic E-state index is 0.0837. The molecular formula is C44H61N7O7S. The number of rotatable bonds is 18. The highest BCUT2D eigenvalue weighted by atomic mass is 32.2. The van der Waals surface area contributed by atoms with Crippen LogP contribution in [0.4, 0.5) is 4.79 Å². The van der Waals surface area contributed by atoms with Crippen molar-refractivity contribution in [2.75, 3.05) is 26.7 Å². The number of likely N-dealkylation sites (N-methyl/N-ethyl adjacent to an activating group) is 1. The number of Topliss-reactive ketones (excluding diaryl/α,β-unsaturated/α-hetero) is 1. The highest BCUT2D eigenvalue weighted by Crippen LogP contribution is 2.33. The number of nitrogens with zero attached hydrogens (tertiary/aromatic N) is 3. The summed E-state index contributed by atoms with van der Waals surface area (Å²) in [6.07, 6.45) is 7.57. The number of hydrogen-bond acceptors (Lipinski definition) is 8. The van der Waals surface area contributed by atoms with E-state index in [1.165, 1.54) is 30.3 Å². The molecule has 4 rings (SSSR count). The van der Waals surface area contributed by atoms with Crippen LogP contribution in [-0.4, -0.2) is 103 Å². The maximum atomic E-state index is 15.0. The van der Waals surface area contributed by atoms with Gasteiger partial charge in [-0.3, -0.25) is 19.2 Å². The fraction of sp³-hybridized carbons (Fsp3) is 0.523. The number of nitrogens with one attached hydrogen (secondary N) is 4. The summed E-state index contributed by atoms with van der Waals surface area (Å²) in [7, 11) is -2.56. The van der Waals surface area contributed by atoms with Gasteiger partial charge in [0.2, 0.25) is 17.6 Å². The molecule has 5 amide bonds. The number of benzene rings is 1. The molecule has 320 valence electrons. The highest BCUT2D eigenvalue weighted by molar-refractivity contribution is 7.89. The molecule has 2 aromatic rings. The minimum Gasteiger partial charge on any atom is -0.346 e. The third-order valence-electron chi connectivity index (χ3n) is 10.9. The van der Waals surface area contributed by atoms with Gasteiger partial charge in [-0.25, -0.2) is 18.2 Å². The summed E-state index contributed by atoms with van der Waals surface area (Å²) in [4.78, 5) is 75.1. The van der Waals surface area contributed by atoms with E-state index in [1.54, 1.807) is 18.2 Å². The molecule has 1 aromatic heterocycles. The topological polar surface area (TPSA) is 187 Å². The smallest absolute Gasteiger partial charge is 0.315 e. The Balaban J connectivity index is 1.66. The second-order valence-corrected chi connectivity index (χ2v) is 18.7. The molecule has 0 bridgehead atoms. The van der Waals surface area contributed by atoms with Crippen molar-refractivity contribution in [1.29, 1.82) is 0 Å². The van der Waals surface area contributed by atoms with E-state index in [1.807, 2.05) is 65.8 Å². The molecule has 14 nitrogen and oxygen atoms in total. The van der Waals surface area contributed by atoms with Crippen LogP contribution in [0.15, 0.2) is 83.7 Å². The van der Waals surface area contributed by atoms with Crippen molar-refractivity contribution in [2.24, 2.45) is 17.3 Å². The molecule has 1 aliphatic carbocycles. The number of hydrogen-bond donors (Lipinski definition) is 4. The van der Waals surface area contributed by atoms with Gasteiger partial charge in [-0.2, -0.15) is 4.31 Å². The molecule has 15 heteroatoms. The molecule has 0 radical (unpaired) electrons. The quantitative estimate of drug-likeness (QED) is 0.0983. The molecule has 4 N–H and O–H groups in total. The van der Waals surface area contributed by atoms with Gasteiger partial charge in [0, 0.05) is 44.8 Å². The Bertz CT molecular complexity index is 2000. The lowest BCUT2D eigenvalue weighted by Gasteiger charge is -2.36. The summed E-state index contributed by atoms with van der Waals surface area (Å²) in [5.41, 5.74) is 5.55. The Labute approximate surface area is 349 Å². The first-order valence-corrected chi connectivity index (χ1v) is 21.8. The molecule has 1 saturated heterocycles. The Hall–Kier alpha value is -5.11. The number of likely N-dealkylation sites (tertiary alicyclic amines) is 1. The van der Waals surface area contributed by atoms with Crippen molar-refractivity contribution in [3.05, 3.63) is 89.8 Å². The number of ketones is 1. The molecular weight excluding hydrogens is 771 g/mol. The fourth-order valence-corrected chi connectivity index (χ4v) is 8.58. The van der Waals surface area contributed by atoms with Gasteiger partial charge in [-0.1, -0.05) is 76.9 Å². The second kappa shape index (κ2) is 20.7. The average molecular weight is 832 g/mol. The summed E-state index contributed by atoms with van der Waals surface area (Å²) in [5.74, 6) is -3.50. The maximum Gasteiger partial charge on any atom is 0.315 e. The van der Waals surface area contributed by atoms with Crippen LogP contribution in [0.5, 0.6) is 0 Å². The summed E-state index contributed by atoms with van der Waals surface area (Å²) in [5, 5.41) is 11.1. The van der Waals surface area contributed by atoms with Gasteiger partial charge in [-0.15, -0.1) is 12.3 Å². The monoisotopic (exact) mass is 831 g/mol. The zero-order chi connectivity index (χ0) is 43.5. The van der Waals surface area contributed by atoms with Crippen LogP contribution in [0.2, 0.25) is 0 Å². The number of aromatic nitrogens is 1. The molecule has 1 aromatic carbocycles. The lowest BCUT2D eigenvalue weighted by atomic mass is 9.86. The van der Waals surface area contributed by atoms with E-state index >= 15 is 4.79 Å². The SMILES string of the molecule is C=CCNC(=O)C(=O)C(CCCC)NC(=O)[C@@H]1[C@@H](C=C=C(C)C)CCN1C(=O)[C@@H](NC(=O)N[C@H](CN(C)S(=O)(=O)c1ccccn1)C(C)(C)C)C1Cc2ccccc2C1. The standard InChI is InChI=1S/C44H61N7O7S/c1-9-11-18-34(39(52)41(54)46-23-10-2)47-40(53)38-30(21-20-29(3)4)22-25-51(38)42(55)37(33-26-31-16-12-13-17-32(31)27-33)49-43(56)48-35(44(5,6)7)28-50(8)59(57,58)36-19-14-15-24-45-36/h10,12-17,19,21,24,30,33-35,37-38H,2,9,11,18,22-23,25-28H2,1,3-8H3,(H,46,54)(H,47,53)(H2,48,49,56)/t30-,34?,35+,37-,38-/m0/s1. The molecule has 1 unspecified atom stereocenters.